The fourth-order valence-corrected chi connectivity index (χ4v) is 1.08. The van der Waals surface area contributed by atoms with Crippen molar-refractivity contribution in [3.05, 3.63) is 18.0 Å². The van der Waals surface area contributed by atoms with Crippen LogP contribution in [0.1, 0.15) is 25.5 Å². The molecule has 0 bridgehead atoms. The SMILES string of the molecule is CCCC(N)C(=O)NCc1ccno1. The molecule has 1 unspecified atom stereocenters. The first-order chi connectivity index (χ1) is 6.74. The summed E-state index contributed by atoms with van der Waals surface area (Å²) in [6, 6.07) is 1.27. The van der Waals surface area contributed by atoms with Crippen LogP contribution < -0.4 is 11.1 Å². The second kappa shape index (κ2) is 5.39. The van der Waals surface area contributed by atoms with Gasteiger partial charge in [-0.05, 0) is 6.42 Å². The molecule has 1 amide bonds. The first kappa shape index (κ1) is 10.7. The normalized spacial score (nSPS) is 12.4. The van der Waals surface area contributed by atoms with Crippen molar-refractivity contribution in [2.24, 2.45) is 5.73 Å². The van der Waals surface area contributed by atoms with Gasteiger partial charge in [0.05, 0.1) is 18.8 Å². The molecule has 1 atom stereocenters. The monoisotopic (exact) mass is 197 g/mol. The molecule has 0 aliphatic heterocycles. The minimum absolute atomic E-state index is 0.150. The van der Waals surface area contributed by atoms with Crippen molar-refractivity contribution in [3.63, 3.8) is 0 Å². The second-order valence-corrected chi connectivity index (χ2v) is 3.09. The molecule has 0 saturated heterocycles. The van der Waals surface area contributed by atoms with Gasteiger partial charge in [0.15, 0.2) is 5.76 Å². The highest BCUT2D eigenvalue weighted by Gasteiger charge is 2.11. The zero-order valence-electron chi connectivity index (χ0n) is 8.19. The molecule has 0 radical (unpaired) electrons. The van der Waals surface area contributed by atoms with E-state index in [0.717, 1.165) is 6.42 Å². The smallest absolute Gasteiger partial charge is 0.237 e. The van der Waals surface area contributed by atoms with Crippen LogP contribution in [0.5, 0.6) is 0 Å². The Morgan fingerprint density at radius 2 is 2.57 bits per heavy atom. The summed E-state index contributed by atoms with van der Waals surface area (Å²) < 4.78 is 4.82. The maximum atomic E-state index is 11.3. The third kappa shape index (κ3) is 3.18. The van der Waals surface area contributed by atoms with Crippen LogP contribution in [0.4, 0.5) is 0 Å². The number of aromatic nitrogens is 1. The molecular weight excluding hydrogens is 182 g/mol. The summed E-state index contributed by atoms with van der Waals surface area (Å²) in [6.07, 6.45) is 3.13. The molecule has 0 saturated carbocycles. The quantitative estimate of drug-likeness (QED) is 0.716. The van der Waals surface area contributed by atoms with E-state index in [4.69, 9.17) is 10.3 Å². The molecule has 0 spiro atoms. The van der Waals surface area contributed by atoms with Crippen molar-refractivity contribution >= 4 is 5.91 Å². The topological polar surface area (TPSA) is 81.2 Å². The maximum Gasteiger partial charge on any atom is 0.237 e. The number of hydrogen-bond donors (Lipinski definition) is 2. The third-order valence-corrected chi connectivity index (χ3v) is 1.86. The van der Waals surface area contributed by atoms with E-state index in [1.807, 2.05) is 6.92 Å². The van der Waals surface area contributed by atoms with Crippen LogP contribution in [0.25, 0.3) is 0 Å². The molecule has 0 aromatic carbocycles. The Labute approximate surface area is 82.6 Å². The molecule has 78 valence electrons. The maximum absolute atomic E-state index is 11.3. The predicted octanol–water partition coefficient (Wildman–Crippen LogP) is 0.418. The van der Waals surface area contributed by atoms with Crippen molar-refractivity contribution in [2.75, 3.05) is 0 Å². The Balaban J connectivity index is 2.27. The predicted molar refractivity (Wildman–Crippen MR) is 51.2 cm³/mol. The molecule has 3 N–H and O–H groups in total. The number of nitrogens with two attached hydrogens (primary N) is 1. The summed E-state index contributed by atoms with van der Waals surface area (Å²) >= 11 is 0. The van der Waals surface area contributed by atoms with E-state index in [0.29, 0.717) is 18.7 Å². The fraction of sp³-hybridized carbons (Fsp3) is 0.556. The van der Waals surface area contributed by atoms with Gasteiger partial charge in [-0.3, -0.25) is 4.79 Å². The molecule has 1 heterocycles. The average Bonchev–Trinajstić information content (AvgIpc) is 2.67. The number of amides is 1. The van der Waals surface area contributed by atoms with Crippen LogP contribution in [0, 0.1) is 0 Å². The lowest BCUT2D eigenvalue weighted by Crippen LogP contribution is -2.39. The lowest BCUT2D eigenvalue weighted by molar-refractivity contribution is -0.122. The third-order valence-electron chi connectivity index (χ3n) is 1.86. The summed E-state index contributed by atoms with van der Waals surface area (Å²) in [6.45, 7) is 2.33. The van der Waals surface area contributed by atoms with Gasteiger partial charge in [0.2, 0.25) is 5.91 Å². The van der Waals surface area contributed by atoms with E-state index >= 15 is 0 Å². The molecule has 0 aliphatic rings. The number of carbonyl (C=O) groups excluding carboxylic acids is 1. The fourth-order valence-electron chi connectivity index (χ4n) is 1.08. The van der Waals surface area contributed by atoms with Crippen LogP contribution in [-0.2, 0) is 11.3 Å². The minimum atomic E-state index is -0.428. The number of rotatable bonds is 5. The molecular formula is C9H15N3O2. The Bertz CT molecular complexity index is 272. The van der Waals surface area contributed by atoms with Crippen molar-refractivity contribution in [3.8, 4) is 0 Å². The van der Waals surface area contributed by atoms with Gasteiger partial charge in [-0.1, -0.05) is 18.5 Å². The molecule has 1 rings (SSSR count). The van der Waals surface area contributed by atoms with Gasteiger partial charge < -0.3 is 15.6 Å². The van der Waals surface area contributed by atoms with Crippen LogP contribution in [-0.4, -0.2) is 17.1 Å². The Kier molecular flexibility index (Phi) is 4.12. The minimum Gasteiger partial charge on any atom is -0.360 e. The van der Waals surface area contributed by atoms with Gasteiger partial charge in [0.25, 0.3) is 0 Å². The van der Waals surface area contributed by atoms with Crippen molar-refractivity contribution in [1.82, 2.24) is 10.5 Å². The van der Waals surface area contributed by atoms with Crippen LogP contribution in [0.15, 0.2) is 16.8 Å². The average molecular weight is 197 g/mol. The zero-order valence-corrected chi connectivity index (χ0v) is 8.19. The summed E-state index contributed by atoms with van der Waals surface area (Å²) in [5.74, 6) is 0.477. The van der Waals surface area contributed by atoms with Gasteiger partial charge in [0, 0.05) is 6.07 Å². The Hall–Kier alpha value is -1.36. The van der Waals surface area contributed by atoms with Gasteiger partial charge >= 0.3 is 0 Å². The van der Waals surface area contributed by atoms with E-state index in [1.165, 1.54) is 6.20 Å². The first-order valence-electron chi connectivity index (χ1n) is 4.67. The van der Waals surface area contributed by atoms with Gasteiger partial charge in [-0.25, -0.2) is 0 Å². The molecule has 0 fully saturated rings. The van der Waals surface area contributed by atoms with E-state index in [9.17, 15) is 4.79 Å². The van der Waals surface area contributed by atoms with E-state index in [2.05, 4.69) is 10.5 Å². The molecule has 0 aliphatic carbocycles. The lowest BCUT2D eigenvalue weighted by atomic mass is 10.2. The Morgan fingerprint density at radius 3 is 3.14 bits per heavy atom. The summed E-state index contributed by atoms with van der Waals surface area (Å²) in [5, 5.41) is 6.20. The lowest BCUT2D eigenvalue weighted by Gasteiger charge is -2.09. The van der Waals surface area contributed by atoms with Crippen molar-refractivity contribution in [2.45, 2.75) is 32.4 Å². The summed E-state index contributed by atoms with van der Waals surface area (Å²) in [5.41, 5.74) is 5.61. The number of hydrogen-bond acceptors (Lipinski definition) is 4. The highest BCUT2D eigenvalue weighted by Crippen LogP contribution is 1.97. The molecule has 5 nitrogen and oxygen atoms in total. The molecule has 5 heteroatoms. The molecule has 1 aromatic heterocycles. The molecule has 1 aromatic rings. The Morgan fingerprint density at radius 1 is 1.79 bits per heavy atom. The van der Waals surface area contributed by atoms with Crippen LogP contribution >= 0.6 is 0 Å². The largest absolute Gasteiger partial charge is 0.360 e. The van der Waals surface area contributed by atoms with Crippen LogP contribution in [0.3, 0.4) is 0 Å². The number of carbonyl (C=O) groups is 1. The van der Waals surface area contributed by atoms with Gasteiger partial charge in [-0.2, -0.15) is 0 Å². The van der Waals surface area contributed by atoms with E-state index in [-0.39, 0.29) is 5.91 Å². The van der Waals surface area contributed by atoms with E-state index in [1.54, 1.807) is 6.07 Å². The summed E-state index contributed by atoms with van der Waals surface area (Å²) in [4.78, 5) is 11.3. The summed E-state index contributed by atoms with van der Waals surface area (Å²) in [7, 11) is 0. The van der Waals surface area contributed by atoms with Crippen molar-refractivity contribution in [1.29, 1.82) is 0 Å². The first-order valence-corrected chi connectivity index (χ1v) is 4.67. The number of nitrogens with zero attached hydrogens (tertiary/aromatic N) is 1. The van der Waals surface area contributed by atoms with Crippen molar-refractivity contribution < 1.29 is 9.32 Å². The standard InChI is InChI=1S/C9H15N3O2/c1-2-3-8(10)9(13)11-6-7-4-5-12-14-7/h4-5,8H,2-3,6,10H2,1H3,(H,11,13). The second-order valence-electron chi connectivity index (χ2n) is 3.09. The zero-order chi connectivity index (χ0) is 10.4. The van der Waals surface area contributed by atoms with Gasteiger partial charge in [-0.15, -0.1) is 0 Å². The van der Waals surface area contributed by atoms with E-state index < -0.39 is 6.04 Å². The highest BCUT2D eigenvalue weighted by molar-refractivity contribution is 5.81. The molecule has 14 heavy (non-hydrogen) atoms. The van der Waals surface area contributed by atoms with Gasteiger partial charge in [0.1, 0.15) is 0 Å². The number of nitrogens with one attached hydrogen (secondary N) is 1. The van der Waals surface area contributed by atoms with Crippen LogP contribution in [0.2, 0.25) is 0 Å². The highest BCUT2D eigenvalue weighted by atomic mass is 16.5.